The minimum absolute atomic E-state index is 0.0131. The molecular formula is C31H42N2O7S. The number of ether oxygens (including phenoxy) is 3. The van der Waals surface area contributed by atoms with Gasteiger partial charge in [-0.2, -0.15) is 4.31 Å². The maximum atomic E-state index is 13.8. The molecule has 0 bridgehead atoms. The van der Waals surface area contributed by atoms with Gasteiger partial charge in [0.25, 0.3) is 0 Å². The van der Waals surface area contributed by atoms with Gasteiger partial charge in [0.2, 0.25) is 15.9 Å². The summed E-state index contributed by atoms with van der Waals surface area (Å²) < 4.78 is 45.1. The zero-order chi connectivity index (χ0) is 28.8. The van der Waals surface area contributed by atoms with Crippen molar-refractivity contribution in [2.75, 3.05) is 40.1 Å². The molecule has 0 aromatic heterocycles. The predicted molar refractivity (Wildman–Crippen MR) is 154 cm³/mol. The second-order valence-corrected chi connectivity index (χ2v) is 13.5. The van der Waals surface area contributed by atoms with E-state index in [9.17, 15) is 18.3 Å². The van der Waals surface area contributed by atoms with Gasteiger partial charge in [0.15, 0.2) is 0 Å². The first-order chi connectivity index (χ1) is 19.8. The second kappa shape index (κ2) is 13.6. The molecule has 1 amide bonds. The van der Waals surface area contributed by atoms with Crippen LogP contribution in [0, 0.1) is 11.8 Å². The number of benzene rings is 2. The van der Waals surface area contributed by atoms with Crippen molar-refractivity contribution in [2.24, 2.45) is 11.8 Å². The standard InChI is InChI=1S/C31H42N2O7S/c1-38-28-11-13-30(14-12-28)41(36,37)32(18-24-9-5-6-10-24)19-27(34)20-33-26(15-23-7-3-2-4-8-23)16-25(31(33)35)17-29-21-39-22-40-29/h2-4,7-8,11-14,24-27,29,34H,5-6,9-10,15-22H2,1H3/t25?,26-,27?,29?/m0/s1. The van der Waals surface area contributed by atoms with E-state index in [2.05, 4.69) is 0 Å². The Labute approximate surface area is 243 Å². The number of amides is 1. The molecule has 224 valence electrons. The van der Waals surface area contributed by atoms with Crippen LogP contribution in [0.1, 0.15) is 44.1 Å². The van der Waals surface area contributed by atoms with Crippen molar-refractivity contribution in [1.82, 2.24) is 9.21 Å². The van der Waals surface area contributed by atoms with Crippen LogP contribution in [-0.4, -0.2) is 87.0 Å². The Morgan fingerprint density at radius 1 is 1.10 bits per heavy atom. The van der Waals surface area contributed by atoms with Gasteiger partial charge in [0.1, 0.15) is 12.5 Å². The number of carbonyl (C=O) groups is 1. The molecule has 5 rings (SSSR count). The number of likely N-dealkylation sites (tertiary alicyclic amines) is 1. The molecule has 2 heterocycles. The van der Waals surface area contributed by atoms with Crippen LogP contribution in [0.4, 0.5) is 0 Å². The molecule has 2 aromatic carbocycles. The van der Waals surface area contributed by atoms with E-state index in [1.54, 1.807) is 29.2 Å². The number of nitrogens with zero attached hydrogens (tertiary/aromatic N) is 2. The molecule has 0 spiro atoms. The largest absolute Gasteiger partial charge is 0.497 e. The lowest BCUT2D eigenvalue weighted by atomic mass is 9.95. The number of hydrogen-bond acceptors (Lipinski definition) is 7. The van der Waals surface area contributed by atoms with Crippen LogP contribution < -0.4 is 4.74 Å². The summed E-state index contributed by atoms with van der Waals surface area (Å²) in [6, 6.07) is 16.3. The molecule has 4 atom stereocenters. The highest BCUT2D eigenvalue weighted by molar-refractivity contribution is 7.89. The molecule has 10 heteroatoms. The molecule has 3 fully saturated rings. The first-order valence-corrected chi connectivity index (χ1v) is 16.1. The Bertz CT molecular complexity index is 1230. The summed E-state index contributed by atoms with van der Waals surface area (Å²) >= 11 is 0. The molecule has 1 saturated carbocycles. The smallest absolute Gasteiger partial charge is 0.243 e. The number of rotatable bonds is 13. The van der Waals surface area contributed by atoms with E-state index in [4.69, 9.17) is 14.2 Å². The maximum Gasteiger partial charge on any atom is 0.243 e. The van der Waals surface area contributed by atoms with Crippen LogP contribution >= 0.6 is 0 Å². The zero-order valence-corrected chi connectivity index (χ0v) is 24.6. The van der Waals surface area contributed by atoms with Crippen LogP contribution in [0.2, 0.25) is 0 Å². The zero-order valence-electron chi connectivity index (χ0n) is 23.8. The molecule has 1 aliphatic carbocycles. The Kier molecular flexibility index (Phi) is 9.98. The first kappa shape index (κ1) is 30.0. The van der Waals surface area contributed by atoms with Crippen molar-refractivity contribution in [2.45, 2.75) is 68.1 Å². The van der Waals surface area contributed by atoms with E-state index >= 15 is 0 Å². The lowest BCUT2D eigenvalue weighted by Crippen LogP contribution is -2.47. The summed E-state index contributed by atoms with van der Waals surface area (Å²) in [4.78, 5) is 15.6. The molecule has 41 heavy (non-hydrogen) atoms. The van der Waals surface area contributed by atoms with Gasteiger partial charge >= 0.3 is 0 Å². The molecular weight excluding hydrogens is 544 g/mol. The van der Waals surface area contributed by atoms with Crippen LogP contribution in [0.5, 0.6) is 5.75 Å². The Morgan fingerprint density at radius 2 is 1.83 bits per heavy atom. The number of β-amino-alcohol motifs (C(OH)–C–C–N with tert-alkyl or cyclic N) is 1. The van der Waals surface area contributed by atoms with E-state index in [1.165, 1.54) is 11.4 Å². The highest BCUT2D eigenvalue weighted by atomic mass is 32.2. The third-order valence-electron chi connectivity index (χ3n) is 8.64. The monoisotopic (exact) mass is 586 g/mol. The van der Waals surface area contributed by atoms with E-state index in [0.29, 0.717) is 38.2 Å². The fraction of sp³-hybridized carbons (Fsp3) is 0.581. The minimum Gasteiger partial charge on any atom is -0.497 e. The van der Waals surface area contributed by atoms with Gasteiger partial charge < -0.3 is 24.2 Å². The molecule has 1 N–H and O–H groups in total. The van der Waals surface area contributed by atoms with Gasteiger partial charge in [0.05, 0.1) is 30.8 Å². The summed E-state index contributed by atoms with van der Waals surface area (Å²) in [6.45, 7) is 1.09. The normalized spacial score (nSPS) is 24.4. The van der Waals surface area contributed by atoms with Gasteiger partial charge in [0, 0.05) is 31.6 Å². The van der Waals surface area contributed by atoms with Crippen LogP contribution in [0.25, 0.3) is 0 Å². The molecule has 3 aliphatic rings. The first-order valence-electron chi connectivity index (χ1n) is 14.7. The number of aliphatic hydroxyl groups excluding tert-OH is 1. The van der Waals surface area contributed by atoms with Gasteiger partial charge in [-0.15, -0.1) is 0 Å². The summed E-state index contributed by atoms with van der Waals surface area (Å²) in [5, 5.41) is 11.4. The van der Waals surface area contributed by atoms with Crippen molar-refractivity contribution >= 4 is 15.9 Å². The Morgan fingerprint density at radius 3 is 2.49 bits per heavy atom. The fourth-order valence-corrected chi connectivity index (χ4v) is 8.03. The van der Waals surface area contributed by atoms with E-state index in [-0.39, 0.29) is 54.7 Å². The molecule has 9 nitrogen and oxygen atoms in total. The van der Waals surface area contributed by atoms with Crippen molar-refractivity contribution < 1.29 is 32.5 Å². The maximum absolute atomic E-state index is 13.8. The summed E-state index contributed by atoms with van der Waals surface area (Å²) in [6.07, 6.45) is 4.90. The summed E-state index contributed by atoms with van der Waals surface area (Å²) in [5.41, 5.74) is 1.12. The lowest BCUT2D eigenvalue weighted by Gasteiger charge is -2.31. The highest BCUT2D eigenvalue weighted by Crippen LogP contribution is 2.33. The van der Waals surface area contributed by atoms with Crippen LogP contribution in [-0.2, 0) is 30.7 Å². The van der Waals surface area contributed by atoms with E-state index < -0.39 is 16.1 Å². The van der Waals surface area contributed by atoms with Gasteiger partial charge in [-0.1, -0.05) is 43.2 Å². The quantitative estimate of drug-likeness (QED) is 0.383. The summed E-state index contributed by atoms with van der Waals surface area (Å²) in [5.74, 6) is 0.598. The van der Waals surface area contributed by atoms with Crippen LogP contribution in [0.3, 0.4) is 0 Å². The van der Waals surface area contributed by atoms with Crippen molar-refractivity contribution in [1.29, 1.82) is 0 Å². The lowest BCUT2D eigenvalue weighted by molar-refractivity contribution is -0.134. The number of carbonyl (C=O) groups excluding carboxylic acids is 1. The van der Waals surface area contributed by atoms with E-state index in [1.807, 2.05) is 30.3 Å². The molecule has 0 radical (unpaired) electrons. The minimum atomic E-state index is -3.86. The molecule has 2 aromatic rings. The number of hydrogen-bond donors (Lipinski definition) is 1. The van der Waals surface area contributed by atoms with E-state index in [0.717, 1.165) is 31.2 Å². The second-order valence-electron chi connectivity index (χ2n) is 11.6. The van der Waals surface area contributed by atoms with Crippen molar-refractivity contribution in [3.05, 3.63) is 60.2 Å². The third kappa shape index (κ3) is 7.48. The molecule has 3 unspecified atom stereocenters. The van der Waals surface area contributed by atoms with Gasteiger partial charge in [-0.3, -0.25) is 4.79 Å². The average Bonchev–Trinajstić information content (AvgIpc) is 3.74. The SMILES string of the molecule is COc1ccc(S(=O)(=O)N(CC(O)CN2C(=O)C(CC3COCO3)C[C@@H]2Cc2ccccc2)CC2CCCC2)cc1. The van der Waals surface area contributed by atoms with Gasteiger partial charge in [-0.25, -0.2) is 8.42 Å². The fourth-order valence-electron chi connectivity index (χ4n) is 6.48. The highest BCUT2D eigenvalue weighted by Gasteiger charge is 2.42. The predicted octanol–water partition coefficient (Wildman–Crippen LogP) is 3.46. The number of sulfonamides is 1. The van der Waals surface area contributed by atoms with Crippen LogP contribution in [0.15, 0.2) is 59.5 Å². The third-order valence-corrected chi connectivity index (χ3v) is 10.5. The Balaban J connectivity index is 1.32. The Hall–Kier alpha value is -2.50. The molecule has 2 saturated heterocycles. The average molecular weight is 587 g/mol. The molecule has 2 aliphatic heterocycles. The van der Waals surface area contributed by atoms with Crippen molar-refractivity contribution in [3.63, 3.8) is 0 Å². The van der Waals surface area contributed by atoms with Gasteiger partial charge in [-0.05, 0) is 67.9 Å². The number of aliphatic hydroxyl groups is 1. The van der Waals surface area contributed by atoms with Crippen molar-refractivity contribution in [3.8, 4) is 5.75 Å². The topological polar surface area (TPSA) is 106 Å². The summed E-state index contributed by atoms with van der Waals surface area (Å²) in [7, 11) is -2.32. The number of methoxy groups -OCH3 is 1.